The first kappa shape index (κ1) is 38.1. The summed E-state index contributed by atoms with van der Waals surface area (Å²) in [5.74, 6) is -1.81. The van der Waals surface area contributed by atoms with E-state index < -0.39 is 82.8 Å². The summed E-state index contributed by atoms with van der Waals surface area (Å²) in [4.78, 5) is 51.9. The van der Waals surface area contributed by atoms with Crippen LogP contribution in [0.4, 0.5) is 0 Å². The monoisotopic (exact) mass is 620 g/mol. The molecule has 1 rings (SSSR count). The van der Waals surface area contributed by atoms with E-state index in [1.807, 2.05) is 0 Å². The molecule has 42 heavy (non-hydrogen) atoms. The molecule has 0 bridgehead atoms. The summed E-state index contributed by atoms with van der Waals surface area (Å²) >= 11 is 4.12. The van der Waals surface area contributed by atoms with Crippen molar-refractivity contribution in [2.75, 3.05) is 32.2 Å². The molecule has 0 aromatic heterocycles. The summed E-state index contributed by atoms with van der Waals surface area (Å²) in [5, 5.41) is 0. The smallest absolute Gasteiger partial charge is 0.311 e. The Balaban J connectivity index is 3.56. The van der Waals surface area contributed by atoms with Crippen LogP contribution in [0.15, 0.2) is 0 Å². The summed E-state index contributed by atoms with van der Waals surface area (Å²) in [6, 6.07) is 0. The van der Waals surface area contributed by atoms with E-state index >= 15 is 0 Å². The van der Waals surface area contributed by atoms with Gasteiger partial charge < -0.3 is 33.2 Å². The fourth-order valence-electron chi connectivity index (χ4n) is 3.22. The zero-order valence-corrected chi connectivity index (χ0v) is 28.3. The molecule has 0 N–H and O–H groups in total. The first-order valence-electron chi connectivity index (χ1n) is 14.3. The average molecular weight is 621 g/mol. The zero-order chi connectivity index (χ0) is 32.7. The Hall–Kier alpha value is -1.89. The van der Waals surface area contributed by atoms with Gasteiger partial charge >= 0.3 is 23.9 Å². The largest absolute Gasteiger partial charge is 0.461 e. The van der Waals surface area contributed by atoms with Crippen LogP contribution < -0.4 is 0 Å². The highest BCUT2D eigenvalue weighted by Crippen LogP contribution is 2.35. The minimum Gasteiger partial charge on any atom is -0.461 e. The van der Waals surface area contributed by atoms with E-state index in [0.717, 1.165) is 0 Å². The van der Waals surface area contributed by atoms with Crippen LogP contribution in [0.1, 0.15) is 83.1 Å². The number of carbonyl (C=O) groups is 4. The Labute approximate surface area is 256 Å². The van der Waals surface area contributed by atoms with Crippen LogP contribution in [-0.4, -0.2) is 86.8 Å². The van der Waals surface area contributed by atoms with Gasteiger partial charge in [0.2, 0.25) is 0 Å². The standard InChI is InChI=1S/C30H52O11S/c1-27(2,3)23(31)37-17-18(38-24(32)28(4,5)6)19-20(40-25(33)29(7,8)9)21(41-26(34)30(10,11)12)22(39-19)36-14-13-35-15-16-42/h18-22,42H,13-17H2,1-12H3/t18-,19+,20+,21-,22-/m1/s1. The lowest BCUT2D eigenvalue weighted by molar-refractivity contribution is -0.208. The maximum absolute atomic E-state index is 13.2. The van der Waals surface area contributed by atoms with Crippen molar-refractivity contribution in [3.8, 4) is 0 Å². The molecule has 1 aliphatic heterocycles. The molecule has 0 amide bonds. The van der Waals surface area contributed by atoms with Crippen molar-refractivity contribution >= 4 is 36.5 Å². The number of esters is 4. The lowest BCUT2D eigenvalue weighted by Gasteiger charge is -2.32. The zero-order valence-electron chi connectivity index (χ0n) is 27.4. The van der Waals surface area contributed by atoms with Gasteiger partial charge in [-0.25, -0.2) is 0 Å². The molecule has 0 saturated carbocycles. The van der Waals surface area contributed by atoms with E-state index in [-0.39, 0.29) is 13.2 Å². The molecule has 0 unspecified atom stereocenters. The van der Waals surface area contributed by atoms with Crippen LogP contribution in [0.25, 0.3) is 0 Å². The lowest BCUT2D eigenvalue weighted by Crippen LogP contribution is -2.50. The quantitative estimate of drug-likeness (QED) is 0.146. The molecule has 12 heteroatoms. The van der Waals surface area contributed by atoms with Crippen molar-refractivity contribution in [3.63, 3.8) is 0 Å². The van der Waals surface area contributed by atoms with Gasteiger partial charge in [0.25, 0.3) is 0 Å². The van der Waals surface area contributed by atoms with Gasteiger partial charge in [-0.05, 0) is 83.1 Å². The highest BCUT2D eigenvalue weighted by atomic mass is 32.1. The van der Waals surface area contributed by atoms with Gasteiger partial charge in [-0.15, -0.1) is 0 Å². The fraction of sp³-hybridized carbons (Fsp3) is 0.867. The third-order valence-electron chi connectivity index (χ3n) is 5.89. The van der Waals surface area contributed by atoms with Crippen LogP contribution in [-0.2, 0) is 52.3 Å². The van der Waals surface area contributed by atoms with Gasteiger partial charge in [0.05, 0.1) is 41.5 Å². The predicted octanol–water partition coefficient (Wildman–Crippen LogP) is 4.14. The Morgan fingerprint density at radius 2 is 1.14 bits per heavy atom. The van der Waals surface area contributed by atoms with E-state index in [9.17, 15) is 19.2 Å². The van der Waals surface area contributed by atoms with E-state index in [2.05, 4.69) is 12.6 Å². The molecule has 0 aromatic carbocycles. The molecular weight excluding hydrogens is 568 g/mol. The van der Waals surface area contributed by atoms with Crippen LogP contribution in [0, 0.1) is 21.7 Å². The van der Waals surface area contributed by atoms with Gasteiger partial charge in [0, 0.05) is 5.75 Å². The first-order valence-corrected chi connectivity index (χ1v) is 14.9. The fourth-order valence-corrected chi connectivity index (χ4v) is 3.35. The van der Waals surface area contributed by atoms with Gasteiger partial charge in [0.15, 0.2) is 24.6 Å². The molecule has 1 aliphatic rings. The minimum atomic E-state index is -1.27. The maximum atomic E-state index is 13.2. The molecule has 0 aliphatic carbocycles. The normalized spacial score (nSPS) is 22.3. The molecule has 244 valence electrons. The minimum absolute atomic E-state index is 0.0557. The Morgan fingerprint density at radius 3 is 1.60 bits per heavy atom. The number of carbonyl (C=O) groups excluding carboxylic acids is 4. The number of ether oxygens (including phenoxy) is 7. The van der Waals surface area contributed by atoms with Gasteiger partial charge in [-0.2, -0.15) is 12.6 Å². The number of hydrogen-bond acceptors (Lipinski definition) is 12. The van der Waals surface area contributed by atoms with Crippen molar-refractivity contribution in [2.24, 2.45) is 21.7 Å². The van der Waals surface area contributed by atoms with Crippen LogP contribution >= 0.6 is 12.6 Å². The van der Waals surface area contributed by atoms with Crippen molar-refractivity contribution in [1.82, 2.24) is 0 Å². The molecule has 5 atom stereocenters. The second-order valence-electron chi connectivity index (χ2n) is 14.5. The SMILES string of the molecule is CC(C)(C)C(=O)OC[C@@H](OC(=O)C(C)(C)C)[C@@H]1O[C@@H](OCCOCCS)[C@H](OC(=O)C(C)(C)C)[C@H]1OC(=O)C(C)(C)C. The molecule has 0 radical (unpaired) electrons. The first-order chi connectivity index (χ1) is 19.0. The Kier molecular flexibility index (Phi) is 13.8. The highest BCUT2D eigenvalue weighted by molar-refractivity contribution is 7.80. The van der Waals surface area contributed by atoms with E-state index in [4.69, 9.17) is 33.2 Å². The Morgan fingerprint density at radius 1 is 0.667 bits per heavy atom. The molecule has 11 nitrogen and oxygen atoms in total. The third-order valence-corrected chi connectivity index (χ3v) is 6.07. The molecule has 1 saturated heterocycles. The summed E-state index contributed by atoms with van der Waals surface area (Å²) in [6.07, 6.45) is -6.15. The summed E-state index contributed by atoms with van der Waals surface area (Å²) in [6.45, 7) is 20.4. The Bertz CT molecular complexity index is 922. The van der Waals surface area contributed by atoms with Crippen LogP contribution in [0.3, 0.4) is 0 Å². The van der Waals surface area contributed by atoms with Crippen molar-refractivity contribution in [2.45, 2.75) is 114 Å². The van der Waals surface area contributed by atoms with Crippen LogP contribution in [0.5, 0.6) is 0 Å². The molecule has 0 aromatic rings. The molecular formula is C30H52O11S. The summed E-state index contributed by atoms with van der Waals surface area (Å²) in [5.41, 5.74) is -3.59. The van der Waals surface area contributed by atoms with Crippen LogP contribution in [0.2, 0.25) is 0 Å². The van der Waals surface area contributed by atoms with Gasteiger partial charge in [-0.3, -0.25) is 19.2 Å². The van der Waals surface area contributed by atoms with Crippen molar-refractivity contribution in [3.05, 3.63) is 0 Å². The van der Waals surface area contributed by atoms with Crippen molar-refractivity contribution in [1.29, 1.82) is 0 Å². The molecule has 1 fully saturated rings. The van der Waals surface area contributed by atoms with Gasteiger partial charge in [-0.1, -0.05) is 0 Å². The molecule has 0 spiro atoms. The predicted molar refractivity (Wildman–Crippen MR) is 158 cm³/mol. The average Bonchev–Trinajstić information content (AvgIpc) is 3.15. The maximum Gasteiger partial charge on any atom is 0.311 e. The summed E-state index contributed by atoms with van der Waals surface area (Å²) < 4.78 is 40.7. The van der Waals surface area contributed by atoms with E-state index in [0.29, 0.717) is 12.4 Å². The number of thiol groups is 1. The van der Waals surface area contributed by atoms with E-state index in [1.165, 1.54) is 0 Å². The van der Waals surface area contributed by atoms with Gasteiger partial charge in [0.1, 0.15) is 12.7 Å². The lowest BCUT2D eigenvalue weighted by atomic mass is 9.95. The van der Waals surface area contributed by atoms with Crippen molar-refractivity contribution < 1.29 is 52.3 Å². The number of hydrogen-bond donors (Lipinski definition) is 1. The van der Waals surface area contributed by atoms with E-state index in [1.54, 1.807) is 83.1 Å². The number of rotatable bonds is 12. The second kappa shape index (κ2) is 15.2. The summed E-state index contributed by atoms with van der Waals surface area (Å²) in [7, 11) is 0. The second-order valence-corrected chi connectivity index (χ2v) is 14.9. The third kappa shape index (κ3) is 12.0. The molecule has 1 heterocycles. The topological polar surface area (TPSA) is 133 Å². The highest BCUT2D eigenvalue weighted by Gasteiger charge is 2.56.